The molecule has 1 heterocycles. The van der Waals surface area contributed by atoms with Gasteiger partial charge >= 0.3 is 5.97 Å². The predicted octanol–water partition coefficient (Wildman–Crippen LogP) is 2.20. The summed E-state index contributed by atoms with van der Waals surface area (Å²) >= 11 is 0. The molecule has 18 heavy (non-hydrogen) atoms. The quantitative estimate of drug-likeness (QED) is 0.768. The lowest BCUT2D eigenvalue weighted by Crippen LogP contribution is -2.44. The number of esters is 1. The molecule has 98 valence electrons. The molecule has 0 radical (unpaired) electrons. The monoisotopic (exact) mass is 250 g/mol. The van der Waals surface area contributed by atoms with E-state index in [2.05, 4.69) is 0 Å². The molecule has 0 atom stereocenters. The Labute approximate surface area is 107 Å². The van der Waals surface area contributed by atoms with Crippen LogP contribution in [0, 0.1) is 12.3 Å². The Kier molecular flexibility index (Phi) is 3.57. The highest BCUT2D eigenvalue weighted by Gasteiger charge is 2.35. The van der Waals surface area contributed by atoms with Crippen LogP contribution in [0.2, 0.25) is 0 Å². The molecule has 0 N–H and O–H groups in total. The number of benzene rings is 1. The second-order valence-electron chi connectivity index (χ2n) is 5.06. The Balaban J connectivity index is 2.00. The summed E-state index contributed by atoms with van der Waals surface area (Å²) in [6, 6.07) is 5.31. The van der Waals surface area contributed by atoms with Crippen molar-refractivity contribution in [3.05, 3.63) is 29.3 Å². The minimum Gasteiger partial charge on any atom is -0.496 e. The topological polar surface area (TPSA) is 44.8 Å². The first-order chi connectivity index (χ1) is 8.54. The van der Waals surface area contributed by atoms with E-state index in [0.717, 1.165) is 5.56 Å². The number of carbonyl (C=O) groups excluding carboxylic acids is 1. The molecule has 4 heteroatoms. The second-order valence-corrected chi connectivity index (χ2v) is 5.06. The highest BCUT2D eigenvalue weighted by Crippen LogP contribution is 2.27. The summed E-state index contributed by atoms with van der Waals surface area (Å²) in [5.41, 5.74) is 1.49. The van der Waals surface area contributed by atoms with Crippen molar-refractivity contribution < 1.29 is 19.0 Å². The van der Waals surface area contributed by atoms with Gasteiger partial charge in [0.05, 0.1) is 25.9 Å². The lowest BCUT2D eigenvalue weighted by molar-refractivity contribution is -0.127. The molecule has 0 amide bonds. The molecule has 1 aromatic carbocycles. The van der Waals surface area contributed by atoms with Crippen LogP contribution in [0.5, 0.6) is 5.75 Å². The number of methoxy groups -OCH3 is 1. The van der Waals surface area contributed by atoms with E-state index in [1.807, 2.05) is 19.9 Å². The van der Waals surface area contributed by atoms with Gasteiger partial charge in [-0.1, -0.05) is 13.0 Å². The fraction of sp³-hybridized carbons (Fsp3) is 0.500. The van der Waals surface area contributed by atoms with Crippen LogP contribution in [-0.4, -0.2) is 32.9 Å². The molecule has 0 bridgehead atoms. The van der Waals surface area contributed by atoms with Gasteiger partial charge in [0.1, 0.15) is 12.4 Å². The highest BCUT2D eigenvalue weighted by atomic mass is 16.5. The zero-order valence-electron chi connectivity index (χ0n) is 11.0. The van der Waals surface area contributed by atoms with Gasteiger partial charge < -0.3 is 14.2 Å². The Bertz CT molecular complexity index is 449. The summed E-state index contributed by atoms with van der Waals surface area (Å²) in [5.74, 6) is 0.379. The number of carbonyl (C=O) groups is 1. The Morgan fingerprint density at radius 1 is 1.44 bits per heavy atom. The molecule has 1 saturated heterocycles. The SMILES string of the molecule is COc1cc(C(=O)OCC2(C)COC2)ccc1C. The Morgan fingerprint density at radius 2 is 2.17 bits per heavy atom. The number of hydrogen-bond donors (Lipinski definition) is 0. The first kappa shape index (κ1) is 12.9. The lowest BCUT2D eigenvalue weighted by Gasteiger charge is -2.37. The lowest BCUT2D eigenvalue weighted by atomic mass is 9.90. The zero-order valence-corrected chi connectivity index (χ0v) is 11.0. The van der Waals surface area contributed by atoms with Crippen LogP contribution in [0.25, 0.3) is 0 Å². The predicted molar refractivity (Wildman–Crippen MR) is 66.9 cm³/mol. The summed E-state index contributed by atoms with van der Waals surface area (Å²) in [7, 11) is 1.59. The molecule has 4 nitrogen and oxygen atoms in total. The molecular weight excluding hydrogens is 232 g/mol. The van der Waals surface area contributed by atoms with Gasteiger partial charge in [0.25, 0.3) is 0 Å². The Morgan fingerprint density at radius 3 is 2.72 bits per heavy atom. The maximum atomic E-state index is 11.9. The molecule has 0 spiro atoms. The fourth-order valence-electron chi connectivity index (χ4n) is 1.80. The maximum Gasteiger partial charge on any atom is 0.338 e. The number of hydrogen-bond acceptors (Lipinski definition) is 4. The number of aryl methyl sites for hydroxylation is 1. The van der Waals surface area contributed by atoms with Gasteiger partial charge in [-0.2, -0.15) is 0 Å². The Hall–Kier alpha value is -1.55. The van der Waals surface area contributed by atoms with E-state index in [0.29, 0.717) is 31.1 Å². The van der Waals surface area contributed by atoms with Gasteiger partial charge in [0.15, 0.2) is 0 Å². The smallest absolute Gasteiger partial charge is 0.338 e. The first-order valence-electron chi connectivity index (χ1n) is 5.94. The van der Waals surface area contributed by atoms with Gasteiger partial charge in [0.2, 0.25) is 0 Å². The van der Waals surface area contributed by atoms with Crippen molar-refractivity contribution >= 4 is 5.97 Å². The van der Waals surface area contributed by atoms with Crippen LogP contribution in [0.1, 0.15) is 22.8 Å². The fourth-order valence-corrected chi connectivity index (χ4v) is 1.80. The van der Waals surface area contributed by atoms with Gasteiger partial charge in [-0.15, -0.1) is 0 Å². The molecule has 0 saturated carbocycles. The van der Waals surface area contributed by atoms with E-state index >= 15 is 0 Å². The van der Waals surface area contributed by atoms with Crippen molar-refractivity contribution in [2.45, 2.75) is 13.8 Å². The second kappa shape index (κ2) is 4.98. The minimum atomic E-state index is -0.318. The largest absolute Gasteiger partial charge is 0.496 e. The first-order valence-corrected chi connectivity index (χ1v) is 5.94. The summed E-state index contributed by atoms with van der Waals surface area (Å²) in [6.45, 7) is 5.66. The van der Waals surface area contributed by atoms with Crippen LogP contribution in [-0.2, 0) is 9.47 Å². The average Bonchev–Trinajstić information content (AvgIpc) is 2.34. The molecule has 1 fully saturated rings. The van der Waals surface area contributed by atoms with Crippen molar-refractivity contribution in [2.75, 3.05) is 26.9 Å². The molecule has 1 aliphatic rings. The third-order valence-corrected chi connectivity index (χ3v) is 3.10. The minimum absolute atomic E-state index is 0.0234. The highest BCUT2D eigenvalue weighted by molar-refractivity contribution is 5.90. The standard InChI is InChI=1S/C14H18O4/c1-10-4-5-11(6-12(10)16-3)13(15)18-9-14(2)7-17-8-14/h4-6H,7-9H2,1-3H3. The molecule has 0 aromatic heterocycles. The van der Waals surface area contributed by atoms with Crippen LogP contribution in [0.4, 0.5) is 0 Å². The summed E-state index contributed by atoms with van der Waals surface area (Å²) < 4.78 is 15.6. The summed E-state index contributed by atoms with van der Waals surface area (Å²) in [4.78, 5) is 11.9. The zero-order chi connectivity index (χ0) is 13.2. The van der Waals surface area contributed by atoms with Crippen LogP contribution >= 0.6 is 0 Å². The molecule has 2 rings (SSSR count). The van der Waals surface area contributed by atoms with Crippen molar-refractivity contribution in [1.29, 1.82) is 0 Å². The van der Waals surface area contributed by atoms with E-state index in [1.165, 1.54) is 0 Å². The van der Waals surface area contributed by atoms with Crippen molar-refractivity contribution in [2.24, 2.45) is 5.41 Å². The van der Waals surface area contributed by atoms with Gasteiger partial charge in [-0.25, -0.2) is 4.79 Å². The third-order valence-electron chi connectivity index (χ3n) is 3.10. The molecule has 1 aromatic rings. The van der Waals surface area contributed by atoms with Crippen molar-refractivity contribution in [1.82, 2.24) is 0 Å². The number of rotatable bonds is 4. The van der Waals surface area contributed by atoms with Gasteiger partial charge in [-0.05, 0) is 24.6 Å². The molecule has 0 unspecified atom stereocenters. The summed E-state index contributed by atoms with van der Waals surface area (Å²) in [5, 5.41) is 0. The van der Waals surface area contributed by atoms with Crippen molar-refractivity contribution in [3.8, 4) is 5.75 Å². The number of ether oxygens (including phenoxy) is 3. The maximum absolute atomic E-state index is 11.9. The van der Waals surface area contributed by atoms with Gasteiger partial charge in [0, 0.05) is 5.41 Å². The average molecular weight is 250 g/mol. The normalized spacial score (nSPS) is 16.8. The van der Waals surface area contributed by atoms with Crippen LogP contribution < -0.4 is 4.74 Å². The third kappa shape index (κ3) is 2.64. The molecular formula is C14H18O4. The van der Waals surface area contributed by atoms with Crippen molar-refractivity contribution in [3.63, 3.8) is 0 Å². The summed E-state index contributed by atoms with van der Waals surface area (Å²) in [6.07, 6.45) is 0. The van der Waals surface area contributed by atoms with E-state index < -0.39 is 0 Å². The van der Waals surface area contributed by atoms with Crippen LogP contribution in [0.3, 0.4) is 0 Å². The van der Waals surface area contributed by atoms with Gasteiger partial charge in [-0.3, -0.25) is 0 Å². The van der Waals surface area contributed by atoms with E-state index in [4.69, 9.17) is 14.2 Å². The van der Waals surface area contributed by atoms with E-state index in [9.17, 15) is 4.79 Å². The van der Waals surface area contributed by atoms with E-state index in [-0.39, 0.29) is 11.4 Å². The molecule has 1 aliphatic heterocycles. The molecule has 0 aliphatic carbocycles. The van der Waals surface area contributed by atoms with Crippen LogP contribution in [0.15, 0.2) is 18.2 Å². The van der Waals surface area contributed by atoms with E-state index in [1.54, 1.807) is 19.2 Å².